The number of pyridine rings is 2. The first-order valence-electron chi connectivity index (χ1n) is 12.6. The Morgan fingerprint density at radius 2 is 1.73 bits per heavy atom. The zero-order chi connectivity index (χ0) is 25.9. The molecule has 2 fully saturated rings. The Morgan fingerprint density at radius 1 is 0.973 bits per heavy atom. The summed E-state index contributed by atoms with van der Waals surface area (Å²) in [6.45, 7) is 1.05. The zero-order valence-electron chi connectivity index (χ0n) is 20.4. The van der Waals surface area contributed by atoms with Crippen LogP contribution < -0.4 is 11.1 Å². The van der Waals surface area contributed by atoms with Gasteiger partial charge in [0.2, 0.25) is 0 Å². The van der Waals surface area contributed by atoms with Crippen LogP contribution in [0.25, 0.3) is 11.3 Å². The Labute approximate surface area is 213 Å². The van der Waals surface area contributed by atoms with Crippen molar-refractivity contribution in [2.24, 2.45) is 5.73 Å². The van der Waals surface area contributed by atoms with Gasteiger partial charge in [0.1, 0.15) is 28.8 Å². The molecule has 2 aromatic heterocycles. The summed E-state index contributed by atoms with van der Waals surface area (Å²) in [5.74, 6) is -3.26. The van der Waals surface area contributed by atoms with E-state index in [-0.39, 0.29) is 23.6 Å². The fourth-order valence-corrected chi connectivity index (χ4v) is 5.39. The maximum absolute atomic E-state index is 15.1. The van der Waals surface area contributed by atoms with Crippen LogP contribution in [-0.2, 0) is 4.74 Å². The lowest BCUT2D eigenvalue weighted by Crippen LogP contribution is -2.27. The summed E-state index contributed by atoms with van der Waals surface area (Å²) in [6, 6.07) is 6.57. The Hall–Kier alpha value is -3.30. The third-order valence-corrected chi connectivity index (χ3v) is 7.33. The van der Waals surface area contributed by atoms with Gasteiger partial charge < -0.3 is 15.8 Å². The zero-order valence-corrected chi connectivity index (χ0v) is 20.4. The molecule has 0 bridgehead atoms. The Kier molecular flexibility index (Phi) is 7.53. The lowest BCUT2D eigenvalue weighted by Gasteiger charge is -2.28. The molecule has 1 saturated heterocycles. The number of amides is 1. The standard InChI is InChI=1S/C28H29F3N4O2/c29-21-4-5-24(28(36)35-25-15-33-9-6-20(25)17-2-1-3-19(32)12-17)34-27(21)26-22(30)13-18(14-23(26)31)16-7-10-37-11-8-16/h4-6,9,13-17,19H,1-3,7-8,10-12,32H2,(H,35,36)/t17-,19+/m1/s1. The van der Waals surface area contributed by atoms with E-state index in [9.17, 15) is 9.18 Å². The van der Waals surface area contributed by atoms with Crippen LogP contribution in [0.3, 0.4) is 0 Å². The maximum atomic E-state index is 15.1. The van der Waals surface area contributed by atoms with Gasteiger partial charge in [-0.15, -0.1) is 0 Å². The lowest BCUT2D eigenvalue weighted by atomic mass is 9.81. The molecule has 2 atom stereocenters. The minimum Gasteiger partial charge on any atom is -0.381 e. The van der Waals surface area contributed by atoms with Gasteiger partial charge in [0.15, 0.2) is 0 Å². The second-order valence-corrected chi connectivity index (χ2v) is 9.81. The van der Waals surface area contributed by atoms with Crippen molar-refractivity contribution >= 4 is 11.6 Å². The highest BCUT2D eigenvalue weighted by atomic mass is 19.1. The van der Waals surface area contributed by atoms with Gasteiger partial charge in [0.25, 0.3) is 5.91 Å². The van der Waals surface area contributed by atoms with E-state index < -0.39 is 34.6 Å². The number of benzene rings is 1. The molecule has 3 aromatic rings. The molecule has 0 radical (unpaired) electrons. The topological polar surface area (TPSA) is 90.1 Å². The van der Waals surface area contributed by atoms with Crippen LogP contribution in [0, 0.1) is 17.5 Å². The van der Waals surface area contributed by atoms with Gasteiger partial charge >= 0.3 is 0 Å². The average molecular weight is 511 g/mol. The number of carbonyl (C=O) groups is 1. The first-order valence-corrected chi connectivity index (χ1v) is 12.6. The first-order chi connectivity index (χ1) is 17.9. The molecule has 5 rings (SSSR count). The molecule has 1 aliphatic heterocycles. The van der Waals surface area contributed by atoms with Gasteiger partial charge in [0, 0.05) is 25.5 Å². The van der Waals surface area contributed by atoms with E-state index in [1.807, 2.05) is 6.07 Å². The molecule has 37 heavy (non-hydrogen) atoms. The fraction of sp³-hybridized carbons (Fsp3) is 0.393. The van der Waals surface area contributed by atoms with Crippen molar-refractivity contribution in [2.75, 3.05) is 18.5 Å². The van der Waals surface area contributed by atoms with Crippen LogP contribution in [0.15, 0.2) is 42.7 Å². The van der Waals surface area contributed by atoms with Crippen LogP contribution in [0.1, 0.15) is 72.0 Å². The van der Waals surface area contributed by atoms with E-state index in [0.29, 0.717) is 37.3 Å². The van der Waals surface area contributed by atoms with E-state index in [4.69, 9.17) is 10.5 Å². The molecule has 0 spiro atoms. The summed E-state index contributed by atoms with van der Waals surface area (Å²) in [4.78, 5) is 21.2. The molecule has 0 unspecified atom stereocenters. The first kappa shape index (κ1) is 25.4. The molecule has 3 heterocycles. The number of hydrogen-bond acceptors (Lipinski definition) is 5. The van der Waals surface area contributed by atoms with Gasteiger partial charge in [-0.1, -0.05) is 6.42 Å². The van der Waals surface area contributed by atoms with Crippen LogP contribution in [0.5, 0.6) is 0 Å². The Morgan fingerprint density at radius 3 is 2.46 bits per heavy atom. The molecule has 6 nitrogen and oxygen atoms in total. The number of nitrogens with one attached hydrogen (secondary N) is 1. The molecule has 1 aliphatic carbocycles. The molecule has 1 amide bonds. The summed E-state index contributed by atoms with van der Waals surface area (Å²) in [6.07, 6.45) is 8.23. The molecular formula is C28H29F3N4O2. The molecule has 9 heteroatoms. The number of halogens is 3. The van der Waals surface area contributed by atoms with Gasteiger partial charge in [-0.2, -0.15) is 0 Å². The third kappa shape index (κ3) is 5.52. The van der Waals surface area contributed by atoms with Crippen molar-refractivity contribution in [1.29, 1.82) is 0 Å². The highest BCUT2D eigenvalue weighted by Crippen LogP contribution is 2.36. The number of aromatic nitrogens is 2. The number of nitrogens with two attached hydrogens (primary N) is 1. The van der Waals surface area contributed by atoms with Gasteiger partial charge in [-0.25, -0.2) is 18.2 Å². The smallest absolute Gasteiger partial charge is 0.274 e. The normalized spacial score (nSPS) is 20.5. The quantitative estimate of drug-likeness (QED) is 0.460. The van der Waals surface area contributed by atoms with Crippen LogP contribution in [-0.4, -0.2) is 35.1 Å². The Balaban J connectivity index is 1.42. The maximum Gasteiger partial charge on any atom is 0.274 e. The monoisotopic (exact) mass is 510 g/mol. The predicted molar refractivity (Wildman–Crippen MR) is 134 cm³/mol. The van der Waals surface area contributed by atoms with Crippen molar-refractivity contribution in [1.82, 2.24) is 9.97 Å². The van der Waals surface area contributed by atoms with Crippen molar-refractivity contribution in [3.8, 4) is 11.3 Å². The van der Waals surface area contributed by atoms with Crippen LogP contribution >= 0.6 is 0 Å². The van der Waals surface area contributed by atoms with Crippen molar-refractivity contribution in [3.05, 3.63) is 77.0 Å². The molecule has 1 aromatic carbocycles. The number of carbonyl (C=O) groups excluding carboxylic acids is 1. The molecule has 2 aliphatic rings. The number of rotatable bonds is 5. The van der Waals surface area contributed by atoms with Crippen molar-refractivity contribution in [2.45, 2.75) is 56.4 Å². The Bertz CT molecular complexity index is 1270. The summed E-state index contributed by atoms with van der Waals surface area (Å²) in [5, 5.41) is 2.79. The van der Waals surface area contributed by atoms with E-state index >= 15 is 8.78 Å². The molecule has 3 N–H and O–H groups in total. The van der Waals surface area contributed by atoms with Gasteiger partial charge in [-0.05, 0) is 85.4 Å². The van der Waals surface area contributed by atoms with E-state index in [1.54, 1.807) is 12.4 Å². The summed E-state index contributed by atoms with van der Waals surface area (Å²) in [7, 11) is 0. The highest BCUT2D eigenvalue weighted by Gasteiger charge is 2.26. The van der Waals surface area contributed by atoms with E-state index in [1.165, 1.54) is 18.2 Å². The van der Waals surface area contributed by atoms with Gasteiger partial charge in [0.05, 0.1) is 17.4 Å². The third-order valence-electron chi connectivity index (χ3n) is 7.33. The van der Waals surface area contributed by atoms with Gasteiger partial charge in [-0.3, -0.25) is 9.78 Å². The van der Waals surface area contributed by atoms with Crippen molar-refractivity contribution in [3.63, 3.8) is 0 Å². The lowest BCUT2D eigenvalue weighted by molar-refractivity contribution is 0.0852. The minimum atomic E-state index is -0.925. The summed E-state index contributed by atoms with van der Waals surface area (Å²) >= 11 is 0. The van der Waals surface area contributed by atoms with Crippen LogP contribution in [0.2, 0.25) is 0 Å². The number of anilines is 1. The van der Waals surface area contributed by atoms with E-state index in [0.717, 1.165) is 37.3 Å². The SMILES string of the molecule is N[C@H]1CCC[C@@H](c2ccncc2NC(=O)c2ccc(F)c(-c3c(F)cc(C4CCOCC4)cc3F)n2)C1. The summed E-state index contributed by atoms with van der Waals surface area (Å²) in [5.41, 5.74) is 6.77. The van der Waals surface area contributed by atoms with E-state index in [2.05, 4.69) is 15.3 Å². The highest BCUT2D eigenvalue weighted by molar-refractivity contribution is 6.03. The molecular weight excluding hydrogens is 481 g/mol. The second kappa shape index (κ2) is 11.0. The molecule has 194 valence electrons. The average Bonchev–Trinajstić information content (AvgIpc) is 2.90. The van der Waals surface area contributed by atoms with Crippen LogP contribution in [0.4, 0.5) is 18.9 Å². The number of hydrogen-bond donors (Lipinski definition) is 2. The molecule has 1 saturated carbocycles. The largest absolute Gasteiger partial charge is 0.381 e. The second-order valence-electron chi connectivity index (χ2n) is 9.81. The summed E-state index contributed by atoms with van der Waals surface area (Å²) < 4.78 is 50.3. The fourth-order valence-electron chi connectivity index (χ4n) is 5.39. The number of ether oxygens (including phenoxy) is 1. The number of nitrogens with zero attached hydrogens (tertiary/aromatic N) is 2. The minimum absolute atomic E-state index is 0.0332. The predicted octanol–water partition coefficient (Wildman–Crippen LogP) is 5.69. The van der Waals surface area contributed by atoms with Crippen molar-refractivity contribution < 1.29 is 22.7 Å².